The first-order valence-electron chi connectivity index (χ1n) is 5.50. The molecule has 3 heteroatoms. The van der Waals surface area contributed by atoms with E-state index in [4.69, 9.17) is 10.6 Å². The minimum absolute atomic E-state index is 0.629. The average molecular weight is 208 g/mol. The number of benzene rings is 1. The second kappa shape index (κ2) is 7.26. The Kier molecular flexibility index (Phi) is 5.81. The Labute approximate surface area is 91.6 Å². The molecule has 0 heterocycles. The number of hydrazine groups is 1. The van der Waals surface area contributed by atoms with Crippen molar-refractivity contribution >= 4 is 5.69 Å². The lowest BCUT2D eigenvalue weighted by Crippen LogP contribution is -2.09. The van der Waals surface area contributed by atoms with Gasteiger partial charge in [-0.25, -0.2) is 0 Å². The Bertz CT molecular complexity index is 276. The number of hydrogen-bond acceptors (Lipinski definition) is 3. The fourth-order valence-electron chi connectivity index (χ4n) is 1.42. The van der Waals surface area contributed by atoms with Gasteiger partial charge in [0.05, 0.1) is 12.3 Å². The summed E-state index contributed by atoms with van der Waals surface area (Å²) in [7, 11) is 0. The van der Waals surface area contributed by atoms with Gasteiger partial charge in [-0.05, 0) is 12.5 Å². The van der Waals surface area contributed by atoms with Crippen LogP contribution in [0.25, 0.3) is 0 Å². The quantitative estimate of drug-likeness (QED) is 0.411. The van der Waals surface area contributed by atoms with Crippen molar-refractivity contribution < 1.29 is 4.74 Å². The van der Waals surface area contributed by atoms with Gasteiger partial charge in [0.25, 0.3) is 0 Å². The van der Waals surface area contributed by atoms with Gasteiger partial charge < -0.3 is 10.2 Å². The van der Waals surface area contributed by atoms with Crippen molar-refractivity contribution in [1.82, 2.24) is 0 Å². The smallest absolute Gasteiger partial charge is 0.0737 e. The standard InChI is InChI=1S/C12H20N2O/c1-2-3-6-9-15-10-11-7-4-5-8-12(11)14-13/h4-5,7-8,14H,2-3,6,9-10,13H2,1H3. The number of hydrogen-bond donors (Lipinski definition) is 2. The molecule has 0 bridgehead atoms. The highest BCUT2D eigenvalue weighted by Crippen LogP contribution is 2.14. The van der Waals surface area contributed by atoms with E-state index in [9.17, 15) is 0 Å². The molecule has 0 aliphatic heterocycles. The molecule has 1 rings (SSSR count). The molecule has 3 N–H and O–H groups in total. The van der Waals surface area contributed by atoms with Crippen molar-refractivity contribution in [1.29, 1.82) is 0 Å². The molecule has 0 amide bonds. The number of ether oxygens (including phenoxy) is 1. The van der Waals surface area contributed by atoms with Crippen molar-refractivity contribution in [3.8, 4) is 0 Å². The molecule has 0 aliphatic carbocycles. The Balaban J connectivity index is 2.30. The van der Waals surface area contributed by atoms with Gasteiger partial charge in [0.15, 0.2) is 0 Å². The molecule has 0 unspecified atom stereocenters. The van der Waals surface area contributed by atoms with Gasteiger partial charge in [-0.3, -0.25) is 5.84 Å². The van der Waals surface area contributed by atoms with Crippen LogP contribution in [-0.4, -0.2) is 6.61 Å². The van der Waals surface area contributed by atoms with E-state index in [2.05, 4.69) is 12.3 Å². The van der Waals surface area contributed by atoms with Crippen LogP contribution in [0, 0.1) is 0 Å². The summed E-state index contributed by atoms with van der Waals surface area (Å²) in [4.78, 5) is 0. The predicted molar refractivity (Wildman–Crippen MR) is 63.4 cm³/mol. The SMILES string of the molecule is CCCCCOCc1ccccc1NN. The summed E-state index contributed by atoms with van der Waals surface area (Å²) in [5, 5.41) is 0. The zero-order valence-electron chi connectivity index (χ0n) is 9.33. The third-order valence-corrected chi connectivity index (χ3v) is 2.32. The minimum atomic E-state index is 0.629. The molecule has 0 saturated carbocycles. The zero-order valence-corrected chi connectivity index (χ0v) is 9.33. The van der Waals surface area contributed by atoms with Crippen LogP contribution in [0.2, 0.25) is 0 Å². The molecule has 0 fully saturated rings. The first-order chi connectivity index (χ1) is 7.38. The first kappa shape index (κ1) is 12.0. The summed E-state index contributed by atoms with van der Waals surface area (Å²) in [6, 6.07) is 7.92. The number of para-hydroxylation sites is 1. The van der Waals surface area contributed by atoms with Crippen LogP contribution < -0.4 is 11.3 Å². The molecular weight excluding hydrogens is 188 g/mol. The fourth-order valence-corrected chi connectivity index (χ4v) is 1.42. The van der Waals surface area contributed by atoms with Gasteiger partial charge in [0, 0.05) is 12.2 Å². The second-order valence-corrected chi connectivity index (χ2v) is 3.56. The summed E-state index contributed by atoms with van der Waals surface area (Å²) in [6.45, 7) is 3.64. The van der Waals surface area contributed by atoms with Crippen molar-refractivity contribution in [2.75, 3.05) is 12.0 Å². The van der Waals surface area contributed by atoms with Gasteiger partial charge in [0.1, 0.15) is 0 Å². The lowest BCUT2D eigenvalue weighted by atomic mass is 10.2. The van der Waals surface area contributed by atoms with Crippen LogP contribution >= 0.6 is 0 Å². The maximum atomic E-state index is 5.57. The predicted octanol–water partition coefficient (Wildman–Crippen LogP) is 2.68. The van der Waals surface area contributed by atoms with Crippen molar-refractivity contribution in [2.45, 2.75) is 32.8 Å². The van der Waals surface area contributed by atoms with E-state index < -0.39 is 0 Å². The van der Waals surface area contributed by atoms with E-state index in [0.29, 0.717) is 6.61 Å². The lowest BCUT2D eigenvalue weighted by molar-refractivity contribution is 0.117. The second-order valence-electron chi connectivity index (χ2n) is 3.56. The number of nitrogen functional groups attached to an aromatic ring is 1. The molecule has 0 saturated heterocycles. The summed E-state index contributed by atoms with van der Waals surface area (Å²) in [5.41, 5.74) is 4.71. The summed E-state index contributed by atoms with van der Waals surface area (Å²) < 4.78 is 5.57. The minimum Gasteiger partial charge on any atom is -0.377 e. The summed E-state index contributed by atoms with van der Waals surface area (Å²) in [6.07, 6.45) is 3.59. The van der Waals surface area contributed by atoms with Crippen LogP contribution in [0.5, 0.6) is 0 Å². The number of rotatable bonds is 7. The molecule has 15 heavy (non-hydrogen) atoms. The molecule has 1 aromatic rings. The van der Waals surface area contributed by atoms with E-state index in [-0.39, 0.29) is 0 Å². The molecule has 0 spiro atoms. The monoisotopic (exact) mass is 208 g/mol. The fraction of sp³-hybridized carbons (Fsp3) is 0.500. The third-order valence-electron chi connectivity index (χ3n) is 2.32. The topological polar surface area (TPSA) is 47.3 Å². The van der Waals surface area contributed by atoms with Crippen LogP contribution in [0.1, 0.15) is 31.7 Å². The Morgan fingerprint density at radius 1 is 1.27 bits per heavy atom. The largest absolute Gasteiger partial charge is 0.377 e. The van der Waals surface area contributed by atoms with E-state index in [1.807, 2.05) is 24.3 Å². The van der Waals surface area contributed by atoms with Crippen LogP contribution in [0.15, 0.2) is 24.3 Å². The molecule has 0 atom stereocenters. The van der Waals surface area contributed by atoms with Crippen LogP contribution in [-0.2, 0) is 11.3 Å². The van der Waals surface area contributed by atoms with Crippen LogP contribution in [0.4, 0.5) is 5.69 Å². The Morgan fingerprint density at radius 2 is 2.07 bits per heavy atom. The Morgan fingerprint density at radius 3 is 2.80 bits per heavy atom. The Hall–Kier alpha value is -1.06. The van der Waals surface area contributed by atoms with Crippen molar-refractivity contribution in [3.05, 3.63) is 29.8 Å². The highest BCUT2D eigenvalue weighted by Gasteiger charge is 1.99. The first-order valence-corrected chi connectivity index (χ1v) is 5.50. The average Bonchev–Trinajstić information content (AvgIpc) is 2.29. The molecule has 0 aliphatic rings. The van der Waals surface area contributed by atoms with E-state index in [1.165, 1.54) is 12.8 Å². The van der Waals surface area contributed by atoms with E-state index >= 15 is 0 Å². The molecule has 84 valence electrons. The van der Waals surface area contributed by atoms with Gasteiger partial charge in [-0.2, -0.15) is 0 Å². The number of nitrogens with one attached hydrogen (secondary N) is 1. The number of nitrogens with two attached hydrogens (primary N) is 1. The van der Waals surface area contributed by atoms with Gasteiger partial charge in [-0.15, -0.1) is 0 Å². The number of unbranched alkanes of at least 4 members (excludes halogenated alkanes) is 2. The van der Waals surface area contributed by atoms with Crippen molar-refractivity contribution in [3.63, 3.8) is 0 Å². The van der Waals surface area contributed by atoms with Crippen molar-refractivity contribution in [2.24, 2.45) is 5.84 Å². The van der Waals surface area contributed by atoms with Gasteiger partial charge in [-0.1, -0.05) is 38.0 Å². The third kappa shape index (κ3) is 4.32. The molecule has 3 nitrogen and oxygen atoms in total. The lowest BCUT2D eigenvalue weighted by Gasteiger charge is -2.08. The zero-order chi connectivity index (χ0) is 10.9. The number of anilines is 1. The van der Waals surface area contributed by atoms with Crippen LogP contribution in [0.3, 0.4) is 0 Å². The summed E-state index contributed by atoms with van der Waals surface area (Å²) in [5.74, 6) is 5.40. The highest BCUT2D eigenvalue weighted by atomic mass is 16.5. The van der Waals surface area contributed by atoms with E-state index in [1.54, 1.807) is 0 Å². The normalized spacial score (nSPS) is 10.3. The summed E-state index contributed by atoms with van der Waals surface area (Å²) >= 11 is 0. The molecular formula is C12H20N2O. The van der Waals surface area contributed by atoms with E-state index in [0.717, 1.165) is 24.3 Å². The molecule has 1 aromatic carbocycles. The molecule has 0 radical (unpaired) electrons. The van der Waals surface area contributed by atoms with Gasteiger partial charge in [0.2, 0.25) is 0 Å². The van der Waals surface area contributed by atoms with Gasteiger partial charge >= 0.3 is 0 Å². The molecule has 0 aromatic heterocycles. The maximum Gasteiger partial charge on any atom is 0.0737 e. The highest BCUT2D eigenvalue weighted by molar-refractivity contribution is 5.49. The maximum absolute atomic E-state index is 5.57.